The van der Waals surface area contributed by atoms with Crippen LogP contribution in [0.25, 0.3) is 0 Å². The Morgan fingerprint density at radius 2 is 1.90 bits per heavy atom. The van der Waals surface area contributed by atoms with E-state index in [-0.39, 0.29) is 0 Å². The first-order chi connectivity index (χ1) is 9.63. The van der Waals surface area contributed by atoms with Gasteiger partial charge in [-0.3, -0.25) is 9.80 Å². The number of benzene rings is 1. The number of methoxy groups -OCH3 is 1. The second-order valence-electron chi connectivity index (χ2n) is 5.76. The van der Waals surface area contributed by atoms with E-state index in [0.717, 1.165) is 44.0 Å². The molecule has 1 fully saturated rings. The maximum atomic E-state index is 5.78. The number of ether oxygens (including phenoxy) is 1. The Bertz CT molecular complexity index is 426. The van der Waals surface area contributed by atoms with Gasteiger partial charge in [0.05, 0.1) is 7.11 Å². The number of nitrogens with zero attached hydrogens (tertiary/aromatic N) is 2. The summed E-state index contributed by atoms with van der Waals surface area (Å²) in [6.45, 7) is 10.7. The molecule has 4 heteroatoms. The van der Waals surface area contributed by atoms with Gasteiger partial charge in [-0.2, -0.15) is 0 Å². The van der Waals surface area contributed by atoms with Gasteiger partial charge in [-0.1, -0.05) is 6.07 Å². The standard InChI is InChI=1S/C16H27N3O/c1-13(2)19-8-6-18(7-9-19)12-14-4-5-16(20-3)15(10-14)11-17/h4-5,10,13H,6-9,11-12,17H2,1-3H3. The lowest BCUT2D eigenvalue weighted by molar-refractivity contribution is 0.104. The fourth-order valence-electron chi connectivity index (χ4n) is 2.79. The van der Waals surface area contributed by atoms with Crippen LogP contribution in [0.3, 0.4) is 0 Å². The lowest BCUT2D eigenvalue weighted by Gasteiger charge is -2.37. The van der Waals surface area contributed by atoms with Gasteiger partial charge in [-0.15, -0.1) is 0 Å². The molecule has 1 saturated heterocycles. The van der Waals surface area contributed by atoms with E-state index in [0.29, 0.717) is 12.6 Å². The minimum atomic E-state index is 0.526. The van der Waals surface area contributed by atoms with Crippen molar-refractivity contribution < 1.29 is 4.74 Å². The van der Waals surface area contributed by atoms with E-state index in [1.54, 1.807) is 7.11 Å². The van der Waals surface area contributed by atoms with Crippen LogP contribution in [0, 0.1) is 0 Å². The fourth-order valence-corrected chi connectivity index (χ4v) is 2.79. The first-order valence-corrected chi connectivity index (χ1v) is 7.46. The molecule has 1 aliphatic rings. The molecule has 1 aromatic carbocycles. The lowest BCUT2D eigenvalue weighted by atomic mass is 10.1. The van der Waals surface area contributed by atoms with Crippen molar-refractivity contribution in [1.82, 2.24) is 9.80 Å². The van der Waals surface area contributed by atoms with Crippen molar-refractivity contribution in [3.05, 3.63) is 29.3 Å². The number of piperazine rings is 1. The average Bonchev–Trinajstić information content (AvgIpc) is 2.47. The van der Waals surface area contributed by atoms with Gasteiger partial charge < -0.3 is 10.5 Å². The number of rotatable bonds is 5. The summed E-state index contributed by atoms with van der Waals surface area (Å²) in [5, 5.41) is 0. The molecule has 1 heterocycles. The Kier molecular flexibility index (Phi) is 5.40. The zero-order valence-electron chi connectivity index (χ0n) is 12.9. The second-order valence-corrected chi connectivity index (χ2v) is 5.76. The summed E-state index contributed by atoms with van der Waals surface area (Å²) in [6.07, 6.45) is 0. The average molecular weight is 277 g/mol. The van der Waals surface area contributed by atoms with Gasteiger partial charge in [-0.25, -0.2) is 0 Å². The van der Waals surface area contributed by atoms with Crippen LogP contribution < -0.4 is 10.5 Å². The first kappa shape index (κ1) is 15.3. The molecule has 20 heavy (non-hydrogen) atoms. The van der Waals surface area contributed by atoms with Crippen LogP contribution >= 0.6 is 0 Å². The molecule has 0 radical (unpaired) electrons. The van der Waals surface area contributed by atoms with Crippen molar-refractivity contribution >= 4 is 0 Å². The predicted molar refractivity (Wildman–Crippen MR) is 82.9 cm³/mol. The van der Waals surface area contributed by atoms with E-state index in [2.05, 4.69) is 35.8 Å². The van der Waals surface area contributed by atoms with Crippen LogP contribution in [0.15, 0.2) is 18.2 Å². The van der Waals surface area contributed by atoms with Crippen molar-refractivity contribution in [2.45, 2.75) is 33.0 Å². The van der Waals surface area contributed by atoms with Crippen LogP contribution in [-0.2, 0) is 13.1 Å². The third-order valence-corrected chi connectivity index (χ3v) is 4.11. The highest BCUT2D eigenvalue weighted by Gasteiger charge is 2.18. The maximum Gasteiger partial charge on any atom is 0.123 e. The van der Waals surface area contributed by atoms with Gasteiger partial charge in [0.1, 0.15) is 5.75 Å². The van der Waals surface area contributed by atoms with E-state index in [9.17, 15) is 0 Å². The zero-order chi connectivity index (χ0) is 14.5. The third-order valence-electron chi connectivity index (χ3n) is 4.11. The monoisotopic (exact) mass is 277 g/mol. The molecule has 0 atom stereocenters. The third kappa shape index (κ3) is 3.72. The van der Waals surface area contributed by atoms with Crippen molar-refractivity contribution in [1.29, 1.82) is 0 Å². The normalized spacial score (nSPS) is 17.6. The van der Waals surface area contributed by atoms with Crippen molar-refractivity contribution in [3.8, 4) is 5.75 Å². The molecule has 0 amide bonds. The number of nitrogens with two attached hydrogens (primary N) is 1. The topological polar surface area (TPSA) is 41.7 Å². The van der Waals surface area contributed by atoms with E-state index < -0.39 is 0 Å². The minimum Gasteiger partial charge on any atom is -0.496 e. The molecule has 112 valence electrons. The van der Waals surface area contributed by atoms with Gasteiger partial charge in [0.2, 0.25) is 0 Å². The smallest absolute Gasteiger partial charge is 0.123 e. The van der Waals surface area contributed by atoms with Gasteiger partial charge >= 0.3 is 0 Å². The molecule has 0 bridgehead atoms. The summed E-state index contributed by atoms with van der Waals surface area (Å²) in [5.74, 6) is 0.890. The summed E-state index contributed by atoms with van der Waals surface area (Å²) in [7, 11) is 1.69. The van der Waals surface area contributed by atoms with Gasteiger partial charge in [0.25, 0.3) is 0 Å². The largest absolute Gasteiger partial charge is 0.496 e. The highest BCUT2D eigenvalue weighted by molar-refractivity contribution is 5.37. The molecule has 2 N–H and O–H groups in total. The summed E-state index contributed by atoms with van der Waals surface area (Å²) >= 11 is 0. The predicted octanol–water partition coefficient (Wildman–Crippen LogP) is 1.68. The zero-order valence-corrected chi connectivity index (χ0v) is 12.9. The van der Waals surface area contributed by atoms with Crippen molar-refractivity contribution in [2.24, 2.45) is 5.73 Å². The summed E-state index contributed by atoms with van der Waals surface area (Å²) in [6, 6.07) is 7.00. The fraction of sp³-hybridized carbons (Fsp3) is 0.625. The molecule has 0 aromatic heterocycles. The van der Waals surface area contributed by atoms with Crippen LogP contribution in [-0.4, -0.2) is 49.1 Å². The van der Waals surface area contributed by atoms with E-state index in [1.807, 2.05) is 6.07 Å². The van der Waals surface area contributed by atoms with Crippen LogP contribution in [0.4, 0.5) is 0 Å². The molecule has 0 unspecified atom stereocenters. The van der Waals surface area contributed by atoms with Crippen LogP contribution in [0.2, 0.25) is 0 Å². The Morgan fingerprint density at radius 3 is 2.45 bits per heavy atom. The summed E-state index contributed by atoms with van der Waals surface area (Å²) in [5.41, 5.74) is 8.19. The molecule has 1 aliphatic heterocycles. The minimum absolute atomic E-state index is 0.526. The van der Waals surface area contributed by atoms with Crippen molar-refractivity contribution in [2.75, 3.05) is 33.3 Å². The van der Waals surface area contributed by atoms with E-state index >= 15 is 0 Å². The van der Waals surface area contributed by atoms with Crippen LogP contribution in [0.1, 0.15) is 25.0 Å². The highest BCUT2D eigenvalue weighted by atomic mass is 16.5. The Balaban J connectivity index is 1.94. The molecular formula is C16H27N3O. The maximum absolute atomic E-state index is 5.78. The molecule has 0 aliphatic carbocycles. The molecule has 0 saturated carbocycles. The summed E-state index contributed by atoms with van der Waals surface area (Å²) in [4.78, 5) is 5.05. The lowest BCUT2D eigenvalue weighted by Crippen LogP contribution is -2.48. The Hall–Kier alpha value is -1.10. The van der Waals surface area contributed by atoms with Gasteiger partial charge in [-0.05, 0) is 31.5 Å². The molecule has 0 spiro atoms. The van der Waals surface area contributed by atoms with Crippen molar-refractivity contribution in [3.63, 3.8) is 0 Å². The first-order valence-electron chi connectivity index (χ1n) is 7.46. The van der Waals surface area contributed by atoms with Gasteiger partial charge in [0, 0.05) is 50.9 Å². The molecule has 4 nitrogen and oxygen atoms in total. The number of hydrogen-bond acceptors (Lipinski definition) is 4. The molecule has 1 aromatic rings. The summed E-state index contributed by atoms with van der Waals surface area (Å²) < 4.78 is 5.32. The molecule has 2 rings (SSSR count). The van der Waals surface area contributed by atoms with E-state index in [1.165, 1.54) is 5.56 Å². The second kappa shape index (κ2) is 7.07. The Labute approximate surface area is 122 Å². The molecular weight excluding hydrogens is 250 g/mol. The number of hydrogen-bond donors (Lipinski definition) is 1. The SMILES string of the molecule is COc1ccc(CN2CCN(C(C)C)CC2)cc1CN. The quantitative estimate of drug-likeness (QED) is 0.889. The highest BCUT2D eigenvalue weighted by Crippen LogP contribution is 2.20. The van der Waals surface area contributed by atoms with Gasteiger partial charge in [0.15, 0.2) is 0 Å². The van der Waals surface area contributed by atoms with E-state index in [4.69, 9.17) is 10.5 Å². The Morgan fingerprint density at radius 1 is 1.20 bits per heavy atom. The van der Waals surface area contributed by atoms with Crippen LogP contribution in [0.5, 0.6) is 5.75 Å².